The summed E-state index contributed by atoms with van der Waals surface area (Å²) in [6, 6.07) is 0. The van der Waals surface area contributed by atoms with Crippen molar-refractivity contribution in [1.82, 2.24) is 0 Å². The van der Waals surface area contributed by atoms with E-state index < -0.39 is 0 Å². The molecule has 4 aliphatic rings. The fourth-order valence-corrected chi connectivity index (χ4v) is 8.24. The zero-order chi connectivity index (χ0) is 20.1. The third-order valence-corrected chi connectivity index (χ3v) is 10.6. The summed E-state index contributed by atoms with van der Waals surface area (Å²) in [4.78, 5) is 0. The molecular weight excluding hydrogens is 340 g/mol. The molecule has 4 rings (SSSR count). The van der Waals surface area contributed by atoms with E-state index in [0.717, 1.165) is 48.3 Å². The molecule has 1 nitrogen and oxygen atoms in total. The molecule has 3 saturated carbocycles. The Balaban J connectivity index is 1.45. The van der Waals surface area contributed by atoms with Gasteiger partial charge in [0.2, 0.25) is 0 Å². The van der Waals surface area contributed by atoms with Crippen molar-refractivity contribution in [2.45, 2.75) is 111 Å². The van der Waals surface area contributed by atoms with Gasteiger partial charge in [0.25, 0.3) is 0 Å². The van der Waals surface area contributed by atoms with Crippen LogP contribution >= 0.6 is 0 Å². The summed E-state index contributed by atoms with van der Waals surface area (Å²) in [7, 11) is 0. The average Bonchev–Trinajstić information content (AvgIpc) is 2.99. The van der Waals surface area contributed by atoms with Gasteiger partial charge in [-0.3, -0.25) is 0 Å². The van der Waals surface area contributed by atoms with Crippen LogP contribution in [0, 0.1) is 46.3 Å². The van der Waals surface area contributed by atoms with Gasteiger partial charge in [-0.25, -0.2) is 0 Å². The lowest BCUT2D eigenvalue weighted by Gasteiger charge is -2.58. The van der Waals surface area contributed by atoms with Crippen molar-refractivity contribution in [3.8, 4) is 0 Å². The lowest BCUT2D eigenvalue weighted by molar-refractivity contribution is -0.0509. The molecule has 4 aliphatic carbocycles. The van der Waals surface area contributed by atoms with Gasteiger partial charge in [-0.05, 0) is 104 Å². The molecule has 0 amide bonds. The third kappa shape index (κ3) is 3.42. The number of aliphatic hydroxyl groups is 1. The Kier molecular flexibility index (Phi) is 5.80. The monoisotopic (exact) mass is 386 g/mol. The van der Waals surface area contributed by atoms with Gasteiger partial charge in [-0.1, -0.05) is 59.1 Å². The first-order valence-corrected chi connectivity index (χ1v) is 12.6. The smallest absolute Gasteiger partial charge is 0.0577 e. The lowest BCUT2D eigenvalue weighted by Crippen LogP contribution is -2.50. The molecule has 28 heavy (non-hydrogen) atoms. The van der Waals surface area contributed by atoms with E-state index in [1.807, 2.05) is 0 Å². The van der Waals surface area contributed by atoms with Gasteiger partial charge in [0.1, 0.15) is 0 Å². The molecule has 0 radical (unpaired) electrons. The molecule has 0 aromatic carbocycles. The molecular formula is C27H46O. The number of hydrogen-bond donors (Lipinski definition) is 1. The van der Waals surface area contributed by atoms with E-state index >= 15 is 0 Å². The van der Waals surface area contributed by atoms with Gasteiger partial charge in [0.15, 0.2) is 0 Å². The largest absolute Gasteiger partial charge is 0.393 e. The second-order valence-electron chi connectivity index (χ2n) is 12.1. The minimum Gasteiger partial charge on any atom is -0.393 e. The highest BCUT2D eigenvalue weighted by molar-refractivity contribution is 5.25. The van der Waals surface area contributed by atoms with Crippen molar-refractivity contribution >= 4 is 0 Å². The van der Waals surface area contributed by atoms with Crippen LogP contribution < -0.4 is 0 Å². The Morgan fingerprint density at radius 3 is 2.57 bits per heavy atom. The maximum absolute atomic E-state index is 10.2. The van der Waals surface area contributed by atoms with Crippen molar-refractivity contribution in [3.05, 3.63) is 11.6 Å². The molecule has 0 spiro atoms. The van der Waals surface area contributed by atoms with Gasteiger partial charge in [0, 0.05) is 0 Å². The Hall–Kier alpha value is -0.300. The number of hydrogen-bond acceptors (Lipinski definition) is 1. The van der Waals surface area contributed by atoms with E-state index in [-0.39, 0.29) is 6.10 Å². The maximum Gasteiger partial charge on any atom is 0.0577 e. The third-order valence-electron chi connectivity index (χ3n) is 10.6. The molecule has 0 aromatic heterocycles. The molecule has 1 N–H and O–H groups in total. The number of rotatable bonds is 5. The molecule has 3 fully saturated rings. The second-order valence-corrected chi connectivity index (χ2v) is 12.1. The number of aliphatic hydroxyl groups excluding tert-OH is 1. The summed E-state index contributed by atoms with van der Waals surface area (Å²) in [5.41, 5.74) is 2.63. The van der Waals surface area contributed by atoms with E-state index in [4.69, 9.17) is 0 Å². The molecule has 0 aliphatic heterocycles. The van der Waals surface area contributed by atoms with Gasteiger partial charge < -0.3 is 5.11 Å². The maximum atomic E-state index is 10.2. The Bertz CT molecular complexity index is 591. The van der Waals surface area contributed by atoms with E-state index in [2.05, 4.69) is 40.7 Å². The minimum atomic E-state index is -0.0752. The summed E-state index contributed by atoms with van der Waals surface area (Å²) < 4.78 is 0. The topological polar surface area (TPSA) is 20.2 Å². The van der Waals surface area contributed by atoms with E-state index in [0.29, 0.717) is 10.8 Å². The van der Waals surface area contributed by atoms with Crippen LogP contribution in [0.15, 0.2) is 11.6 Å². The summed E-state index contributed by atoms with van der Waals surface area (Å²) in [5, 5.41) is 10.2. The SMILES string of the molecule is CC(C)C(C)CCCC1CCC2C3CC=C4CC(O)CCC4(C)C3CCC12C. The fraction of sp³-hybridized carbons (Fsp3) is 0.926. The van der Waals surface area contributed by atoms with Crippen molar-refractivity contribution < 1.29 is 5.11 Å². The Morgan fingerprint density at radius 2 is 1.82 bits per heavy atom. The highest BCUT2D eigenvalue weighted by atomic mass is 16.3. The molecule has 8 atom stereocenters. The quantitative estimate of drug-likeness (QED) is 0.488. The average molecular weight is 387 g/mol. The fourth-order valence-electron chi connectivity index (χ4n) is 8.24. The first-order valence-electron chi connectivity index (χ1n) is 12.6. The number of fused-ring (bicyclic) bond motifs is 5. The lowest BCUT2D eigenvalue weighted by atomic mass is 9.47. The summed E-state index contributed by atoms with van der Waals surface area (Å²) in [6.07, 6.45) is 17.3. The summed E-state index contributed by atoms with van der Waals surface area (Å²) in [5.74, 6) is 5.45. The molecule has 0 heterocycles. The molecule has 0 saturated heterocycles. The normalized spacial score (nSPS) is 46.5. The van der Waals surface area contributed by atoms with Crippen molar-refractivity contribution in [2.24, 2.45) is 46.3 Å². The van der Waals surface area contributed by atoms with Crippen LogP contribution in [0.1, 0.15) is 105 Å². The zero-order valence-corrected chi connectivity index (χ0v) is 19.3. The van der Waals surface area contributed by atoms with E-state index in [1.165, 1.54) is 57.8 Å². The van der Waals surface area contributed by atoms with Crippen LogP contribution in [0.5, 0.6) is 0 Å². The predicted octanol–water partition coefficient (Wildman–Crippen LogP) is 7.39. The highest BCUT2D eigenvalue weighted by Gasteiger charge is 2.58. The Morgan fingerprint density at radius 1 is 1.04 bits per heavy atom. The zero-order valence-electron chi connectivity index (χ0n) is 19.3. The molecule has 160 valence electrons. The van der Waals surface area contributed by atoms with Crippen LogP contribution in [0.2, 0.25) is 0 Å². The molecule has 0 bridgehead atoms. The van der Waals surface area contributed by atoms with Gasteiger partial charge >= 0.3 is 0 Å². The summed E-state index contributed by atoms with van der Waals surface area (Å²) in [6.45, 7) is 12.5. The molecule has 8 unspecified atom stereocenters. The van der Waals surface area contributed by atoms with Crippen molar-refractivity contribution in [3.63, 3.8) is 0 Å². The van der Waals surface area contributed by atoms with Crippen LogP contribution in [-0.4, -0.2) is 11.2 Å². The first-order chi connectivity index (χ1) is 13.3. The van der Waals surface area contributed by atoms with E-state index in [9.17, 15) is 5.11 Å². The molecule has 0 aromatic rings. The standard InChI is InChI=1S/C27H46O/c1-18(2)19(3)7-6-8-20-10-12-24-23-11-9-21-17-22(28)13-15-27(21,5)25(23)14-16-26(20,24)4/h9,18-20,22-25,28H,6-8,10-17H2,1-5H3. The first kappa shape index (κ1) is 21.0. The van der Waals surface area contributed by atoms with E-state index in [1.54, 1.807) is 5.57 Å². The summed E-state index contributed by atoms with van der Waals surface area (Å²) >= 11 is 0. The second kappa shape index (κ2) is 7.75. The van der Waals surface area contributed by atoms with Crippen LogP contribution in [0.3, 0.4) is 0 Å². The van der Waals surface area contributed by atoms with Crippen LogP contribution in [0.25, 0.3) is 0 Å². The number of allylic oxidation sites excluding steroid dienone is 1. The Labute approximate surface area is 174 Å². The van der Waals surface area contributed by atoms with Crippen molar-refractivity contribution in [1.29, 1.82) is 0 Å². The van der Waals surface area contributed by atoms with Crippen molar-refractivity contribution in [2.75, 3.05) is 0 Å². The highest BCUT2D eigenvalue weighted by Crippen LogP contribution is 2.66. The predicted molar refractivity (Wildman–Crippen MR) is 119 cm³/mol. The van der Waals surface area contributed by atoms with Gasteiger partial charge in [-0.2, -0.15) is 0 Å². The van der Waals surface area contributed by atoms with Gasteiger partial charge in [0.05, 0.1) is 6.10 Å². The van der Waals surface area contributed by atoms with Crippen LogP contribution in [-0.2, 0) is 0 Å². The van der Waals surface area contributed by atoms with Gasteiger partial charge in [-0.15, -0.1) is 0 Å². The van der Waals surface area contributed by atoms with Crippen LogP contribution in [0.4, 0.5) is 0 Å². The minimum absolute atomic E-state index is 0.0752. The molecule has 1 heteroatoms.